The molecular weight excluding hydrogens is 176 g/mol. The molecule has 86 valence electrons. The van der Waals surface area contributed by atoms with Crippen LogP contribution >= 0.6 is 0 Å². The summed E-state index contributed by atoms with van der Waals surface area (Å²) in [7, 11) is 4.18. The highest BCUT2D eigenvalue weighted by Gasteiger charge is 2.19. The van der Waals surface area contributed by atoms with E-state index in [1.54, 1.807) is 0 Å². The predicted molar refractivity (Wildman–Crippen MR) is 61.6 cm³/mol. The third-order valence-electron chi connectivity index (χ3n) is 2.78. The number of rotatable bonds is 8. The minimum atomic E-state index is 0.112. The Hall–Kier alpha value is -0.120. The summed E-state index contributed by atoms with van der Waals surface area (Å²) in [6.45, 7) is 6.76. The van der Waals surface area contributed by atoms with E-state index in [9.17, 15) is 0 Å². The highest BCUT2D eigenvalue weighted by atomic mass is 16.3. The summed E-state index contributed by atoms with van der Waals surface area (Å²) in [6, 6.07) is 0. The van der Waals surface area contributed by atoms with Gasteiger partial charge in [0, 0.05) is 12.1 Å². The number of aliphatic hydroxyl groups excluding tert-OH is 1. The normalized spacial score (nSPS) is 15.9. The van der Waals surface area contributed by atoms with Crippen LogP contribution in [0, 0.1) is 0 Å². The van der Waals surface area contributed by atoms with Crippen LogP contribution in [0.15, 0.2) is 0 Å². The maximum atomic E-state index is 8.93. The first-order valence-corrected chi connectivity index (χ1v) is 5.54. The van der Waals surface area contributed by atoms with Crippen LogP contribution in [0.2, 0.25) is 0 Å². The molecule has 0 heterocycles. The van der Waals surface area contributed by atoms with Crippen LogP contribution in [0.4, 0.5) is 0 Å². The van der Waals surface area contributed by atoms with Crippen LogP contribution in [-0.4, -0.2) is 49.3 Å². The molecule has 2 N–H and O–H groups in total. The van der Waals surface area contributed by atoms with Crippen molar-refractivity contribution in [3.05, 3.63) is 0 Å². The third-order valence-corrected chi connectivity index (χ3v) is 2.78. The lowest BCUT2D eigenvalue weighted by molar-refractivity contribution is 0.214. The van der Waals surface area contributed by atoms with Crippen LogP contribution in [0.1, 0.15) is 33.1 Å². The summed E-state index contributed by atoms with van der Waals surface area (Å²) in [4.78, 5) is 2.19. The molecule has 0 aromatic heterocycles. The Morgan fingerprint density at radius 1 is 1.36 bits per heavy atom. The molecule has 0 aromatic rings. The van der Waals surface area contributed by atoms with Gasteiger partial charge in [-0.3, -0.25) is 0 Å². The first-order chi connectivity index (χ1) is 6.54. The summed E-state index contributed by atoms with van der Waals surface area (Å²) in [5, 5.41) is 12.4. The van der Waals surface area contributed by atoms with Crippen LogP contribution in [0.25, 0.3) is 0 Å². The third kappa shape index (κ3) is 6.35. The molecule has 0 rings (SSSR count). The molecule has 0 aliphatic heterocycles. The first kappa shape index (κ1) is 13.9. The van der Waals surface area contributed by atoms with E-state index in [1.165, 1.54) is 0 Å². The predicted octanol–water partition coefficient (Wildman–Crippen LogP) is 1.08. The van der Waals surface area contributed by atoms with E-state index in [1.807, 2.05) is 0 Å². The number of aliphatic hydroxyl groups is 1. The molecule has 0 aliphatic carbocycles. The Balaban J connectivity index is 3.61. The van der Waals surface area contributed by atoms with E-state index in [-0.39, 0.29) is 12.1 Å². The Bertz CT molecular complexity index is 139. The zero-order valence-electron chi connectivity index (χ0n) is 10.1. The van der Waals surface area contributed by atoms with Gasteiger partial charge in [-0.05, 0) is 53.4 Å². The van der Waals surface area contributed by atoms with Gasteiger partial charge in [0.05, 0.1) is 0 Å². The molecule has 14 heavy (non-hydrogen) atoms. The highest BCUT2D eigenvalue weighted by Crippen LogP contribution is 2.13. The maximum absolute atomic E-state index is 8.93. The minimum absolute atomic E-state index is 0.112. The Kier molecular flexibility index (Phi) is 7.15. The van der Waals surface area contributed by atoms with E-state index in [2.05, 4.69) is 38.2 Å². The smallest absolute Gasteiger partial charge is 0.0448 e. The molecule has 3 heteroatoms. The van der Waals surface area contributed by atoms with Gasteiger partial charge < -0.3 is 15.3 Å². The van der Waals surface area contributed by atoms with E-state index >= 15 is 0 Å². The molecule has 0 saturated heterocycles. The monoisotopic (exact) mass is 202 g/mol. The number of nitrogens with zero attached hydrogens (tertiary/aromatic N) is 1. The van der Waals surface area contributed by atoms with Gasteiger partial charge in [-0.2, -0.15) is 0 Å². The summed E-state index contributed by atoms with van der Waals surface area (Å²) in [5.74, 6) is 0. The fraction of sp³-hybridized carbons (Fsp3) is 1.00. The van der Waals surface area contributed by atoms with E-state index in [4.69, 9.17) is 5.11 Å². The summed E-state index contributed by atoms with van der Waals surface area (Å²) in [5.41, 5.74) is 0.112. The van der Waals surface area contributed by atoms with Crippen LogP contribution < -0.4 is 5.32 Å². The van der Waals surface area contributed by atoms with Crippen molar-refractivity contribution in [3.8, 4) is 0 Å². The molecule has 3 nitrogen and oxygen atoms in total. The highest BCUT2D eigenvalue weighted by molar-refractivity contribution is 4.80. The molecule has 0 bridgehead atoms. The molecule has 0 saturated carbocycles. The second-order valence-corrected chi connectivity index (χ2v) is 4.47. The largest absolute Gasteiger partial charge is 0.396 e. The minimum Gasteiger partial charge on any atom is -0.396 e. The molecular formula is C11H26N2O. The van der Waals surface area contributed by atoms with Crippen molar-refractivity contribution in [1.82, 2.24) is 10.2 Å². The fourth-order valence-electron chi connectivity index (χ4n) is 1.42. The summed E-state index contributed by atoms with van der Waals surface area (Å²) >= 11 is 0. The van der Waals surface area contributed by atoms with Gasteiger partial charge in [0.25, 0.3) is 0 Å². The van der Waals surface area contributed by atoms with E-state index < -0.39 is 0 Å². The van der Waals surface area contributed by atoms with Gasteiger partial charge in [0.1, 0.15) is 0 Å². The van der Waals surface area contributed by atoms with Crippen molar-refractivity contribution < 1.29 is 5.11 Å². The summed E-state index contributed by atoms with van der Waals surface area (Å²) < 4.78 is 0. The lowest BCUT2D eigenvalue weighted by Crippen LogP contribution is -2.43. The second-order valence-electron chi connectivity index (χ2n) is 4.47. The lowest BCUT2D eigenvalue weighted by atomic mass is 9.95. The standard InChI is InChI=1S/C11H26N2O/c1-5-11(2,7-10-14)12-8-6-9-13(3)4/h12,14H,5-10H2,1-4H3. The Labute approximate surface area is 88.5 Å². The van der Waals surface area contributed by atoms with E-state index in [0.717, 1.165) is 32.4 Å². The molecule has 1 atom stereocenters. The molecule has 0 aromatic carbocycles. The van der Waals surface area contributed by atoms with Crippen molar-refractivity contribution >= 4 is 0 Å². The quantitative estimate of drug-likeness (QED) is 0.578. The Morgan fingerprint density at radius 3 is 2.43 bits per heavy atom. The average Bonchev–Trinajstić information content (AvgIpc) is 2.13. The van der Waals surface area contributed by atoms with Gasteiger partial charge >= 0.3 is 0 Å². The number of hydrogen-bond donors (Lipinski definition) is 2. The zero-order valence-corrected chi connectivity index (χ0v) is 10.1. The molecule has 0 spiro atoms. The van der Waals surface area contributed by atoms with Gasteiger partial charge in [-0.1, -0.05) is 6.92 Å². The maximum Gasteiger partial charge on any atom is 0.0448 e. The van der Waals surface area contributed by atoms with Crippen LogP contribution in [0.3, 0.4) is 0 Å². The zero-order chi connectivity index (χ0) is 11.0. The fourth-order valence-corrected chi connectivity index (χ4v) is 1.42. The molecule has 0 aliphatic rings. The van der Waals surface area contributed by atoms with Crippen LogP contribution in [0.5, 0.6) is 0 Å². The van der Waals surface area contributed by atoms with Gasteiger partial charge in [0.2, 0.25) is 0 Å². The molecule has 0 radical (unpaired) electrons. The van der Waals surface area contributed by atoms with Gasteiger partial charge in [-0.15, -0.1) is 0 Å². The topological polar surface area (TPSA) is 35.5 Å². The number of hydrogen-bond acceptors (Lipinski definition) is 3. The summed E-state index contributed by atoms with van der Waals surface area (Å²) in [6.07, 6.45) is 3.06. The van der Waals surface area contributed by atoms with Gasteiger partial charge in [-0.25, -0.2) is 0 Å². The molecule has 0 fully saturated rings. The Morgan fingerprint density at radius 2 is 2.00 bits per heavy atom. The number of nitrogens with one attached hydrogen (secondary N) is 1. The molecule has 1 unspecified atom stereocenters. The first-order valence-electron chi connectivity index (χ1n) is 5.54. The lowest BCUT2D eigenvalue weighted by Gasteiger charge is -2.29. The van der Waals surface area contributed by atoms with E-state index in [0.29, 0.717) is 0 Å². The average molecular weight is 202 g/mol. The van der Waals surface area contributed by atoms with Crippen LogP contribution in [-0.2, 0) is 0 Å². The van der Waals surface area contributed by atoms with Crippen molar-refractivity contribution in [2.75, 3.05) is 33.8 Å². The van der Waals surface area contributed by atoms with Crippen molar-refractivity contribution in [2.45, 2.75) is 38.6 Å². The van der Waals surface area contributed by atoms with Crippen molar-refractivity contribution in [1.29, 1.82) is 0 Å². The SMILES string of the molecule is CCC(C)(CCO)NCCCN(C)C. The van der Waals surface area contributed by atoms with Crippen molar-refractivity contribution in [3.63, 3.8) is 0 Å². The second kappa shape index (κ2) is 7.21. The molecule has 0 amide bonds. The van der Waals surface area contributed by atoms with Crippen molar-refractivity contribution in [2.24, 2.45) is 0 Å². The van der Waals surface area contributed by atoms with Gasteiger partial charge in [0.15, 0.2) is 0 Å².